The van der Waals surface area contributed by atoms with Gasteiger partial charge in [-0.25, -0.2) is 22.2 Å². The molecule has 0 unspecified atom stereocenters. The molecule has 8 nitrogen and oxygen atoms in total. The Kier molecular flexibility index (Phi) is 6.09. The number of rotatable bonds is 5. The Morgan fingerprint density at radius 3 is 2.52 bits per heavy atom. The van der Waals surface area contributed by atoms with Crippen LogP contribution in [0.15, 0.2) is 18.2 Å². The van der Waals surface area contributed by atoms with E-state index in [9.17, 15) is 17.2 Å². The lowest BCUT2D eigenvalue weighted by molar-refractivity contribution is 0.309. The number of benzene rings is 1. The zero-order valence-corrected chi connectivity index (χ0v) is 18.3. The zero-order chi connectivity index (χ0) is 22.2. The summed E-state index contributed by atoms with van der Waals surface area (Å²) in [6, 6.07) is 3.03. The molecule has 168 valence electrons. The molecule has 0 N–H and O–H groups in total. The molecular formula is C20H25F2N5O3S. The molecule has 2 aliphatic rings. The quantitative estimate of drug-likeness (QED) is 0.685. The molecule has 4 rings (SSSR count). The van der Waals surface area contributed by atoms with Gasteiger partial charge in [-0.2, -0.15) is 9.29 Å². The van der Waals surface area contributed by atoms with Gasteiger partial charge in [-0.3, -0.25) is 0 Å². The number of ether oxygens (including phenoxy) is 1. The summed E-state index contributed by atoms with van der Waals surface area (Å²) >= 11 is 0. The Morgan fingerprint density at radius 1 is 1.10 bits per heavy atom. The summed E-state index contributed by atoms with van der Waals surface area (Å²) in [6.45, 7) is 5.12. The zero-order valence-electron chi connectivity index (χ0n) is 17.5. The van der Waals surface area contributed by atoms with E-state index in [0.29, 0.717) is 30.2 Å². The number of aromatic nitrogens is 2. The molecular weight excluding hydrogens is 428 g/mol. The molecule has 0 radical (unpaired) electrons. The molecule has 0 atom stereocenters. The van der Waals surface area contributed by atoms with E-state index < -0.39 is 21.7 Å². The van der Waals surface area contributed by atoms with Crippen LogP contribution >= 0.6 is 0 Å². The molecule has 0 bridgehead atoms. The lowest BCUT2D eigenvalue weighted by Crippen LogP contribution is -2.45. The van der Waals surface area contributed by atoms with E-state index in [2.05, 4.69) is 14.9 Å². The van der Waals surface area contributed by atoms with Gasteiger partial charge < -0.3 is 14.5 Å². The normalized spacial score (nSPS) is 18.1. The smallest absolute Gasteiger partial charge is 0.229 e. The van der Waals surface area contributed by atoms with E-state index in [1.165, 1.54) is 10.4 Å². The second-order valence-corrected chi connectivity index (χ2v) is 9.96. The van der Waals surface area contributed by atoms with Crippen LogP contribution in [0.25, 0.3) is 0 Å². The van der Waals surface area contributed by atoms with Gasteiger partial charge in [0.25, 0.3) is 0 Å². The second-order valence-electron chi connectivity index (χ2n) is 7.71. The van der Waals surface area contributed by atoms with E-state index in [1.807, 2.05) is 11.9 Å². The molecule has 1 fully saturated rings. The van der Waals surface area contributed by atoms with Crippen LogP contribution in [0.1, 0.15) is 18.2 Å². The summed E-state index contributed by atoms with van der Waals surface area (Å²) in [6.07, 6.45) is 0.403. The minimum Gasteiger partial charge on any atom is -0.435 e. The minimum absolute atomic E-state index is 0.0225. The molecule has 2 aliphatic heterocycles. The molecule has 0 amide bonds. The average molecular weight is 454 g/mol. The Hall–Kier alpha value is -2.37. The third-order valence-corrected chi connectivity index (χ3v) is 7.45. The number of fused-ring (bicyclic) bond motifs is 1. The van der Waals surface area contributed by atoms with Gasteiger partial charge in [-0.15, -0.1) is 0 Å². The second kappa shape index (κ2) is 8.64. The lowest BCUT2D eigenvalue weighted by atomic mass is 10.1. The molecule has 1 aromatic carbocycles. The van der Waals surface area contributed by atoms with Gasteiger partial charge in [0.15, 0.2) is 11.6 Å². The molecule has 11 heteroatoms. The number of anilines is 1. The number of halogens is 2. The van der Waals surface area contributed by atoms with Crippen LogP contribution in [0.3, 0.4) is 0 Å². The predicted molar refractivity (Wildman–Crippen MR) is 112 cm³/mol. The van der Waals surface area contributed by atoms with Crippen molar-refractivity contribution in [3.63, 3.8) is 0 Å². The van der Waals surface area contributed by atoms with Crippen LogP contribution < -0.4 is 9.64 Å². The van der Waals surface area contributed by atoms with Crippen molar-refractivity contribution in [1.29, 1.82) is 0 Å². The van der Waals surface area contributed by atoms with E-state index in [0.717, 1.165) is 38.3 Å². The minimum atomic E-state index is -3.42. The van der Waals surface area contributed by atoms with Gasteiger partial charge >= 0.3 is 0 Å². The van der Waals surface area contributed by atoms with E-state index in [1.54, 1.807) is 6.92 Å². The van der Waals surface area contributed by atoms with Crippen LogP contribution in [-0.4, -0.2) is 73.1 Å². The maximum absolute atomic E-state index is 14.3. The predicted octanol–water partition coefficient (Wildman–Crippen LogP) is 2.01. The number of piperazine rings is 1. The van der Waals surface area contributed by atoms with Crippen molar-refractivity contribution in [3.8, 4) is 11.6 Å². The fourth-order valence-electron chi connectivity index (χ4n) is 3.66. The molecule has 2 aromatic rings. The number of nitrogens with zero attached hydrogens (tertiary/aromatic N) is 5. The van der Waals surface area contributed by atoms with Crippen LogP contribution in [-0.2, 0) is 23.0 Å². The summed E-state index contributed by atoms with van der Waals surface area (Å²) in [7, 11) is -1.38. The van der Waals surface area contributed by atoms with Crippen molar-refractivity contribution in [2.24, 2.45) is 0 Å². The van der Waals surface area contributed by atoms with Crippen LogP contribution in [0, 0.1) is 11.6 Å². The Labute approximate surface area is 180 Å². The number of hydrogen-bond donors (Lipinski definition) is 0. The highest BCUT2D eigenvalue weighted by molar-refractivity contribution is 7.89. The fraction of sp³-hybridized carbons (Fsp3) is 0.500. The van der Waals surface area contributed by atoms with Crippen LogP contribution in [0.5, 0.6) is 11.6 Å². The Morgan fingerprint density at radius 2 is 1.84 bits per heavy atom. The maximum atomic E-state index is 14.3. The van der Waals surface area contributed by atoms with E-state index in [-0.39, 0.29) is 23.9 Å². The SMILES string of the molecule is CCS(=O)(=O)N1CCc2nc(N3CCN(C)CC3)nc(Oc3ccc(F)cc3F)c2C1. The summed E-state index contributed by atoms with van der Waals surface area (Å²) in [5.41, 5.74) is 1.19. The fourth-order valence-corrected chi connectivity index (χ4v) is 4.72. The van der Waals surface area contributed by atoms with Gasteiger partial charge in [-0.1, -0.05) is 0 Å². The largest absolute Gasteiger partial charge is 0.435 e. The van der Waals surface area contributed by atoms with Crippen molar-refractivity contribution in [3.05, 3.63) is 41.1 Å². The monoisotopic (exact) mass is 453 g/mol. The Balaban J connectivity index is 1.73. The van der Waals surface area contributed by atoms with Gasteiger partial charge in [0, 0.05) is 51.8 Å². The highest BCUT2D eigenvalue weighted by atomic mass is 32.2. The van der Waals surface area contributed by atoms with Gasteiger partial charge in [0.05, 0.1) is 17.0 Å². The first-order valence-corrected chi connectivity index (χ1v) is 11.8. The molecule has 31 heavy (non-hydrogen) atoms. The van der Waals surface area contributed by atoms with E-state index >= 15 is 0 Å². The maximum Gasteiger partial charge on any atom is 0.229 e. The van der Waals surface area contributed by atoms with Gasteiger partial charge in [0.1, 0.15) is 5.82 Å². The molecule has 1 saturated heterocycles. The van der Waals surface area contributed by atoms with Gasteiger partial charge in [0.2, 0.25) is 21.9 Å². The number of hydrogen-bond acceptors (Lipinski definition) is 7. The molecule has 0 spiro atoms. The first-order valence-electron chi connectivity index (χ1n) is 10.2. The van der Waals surface area contributed by atoms with Crippen LogP contribution in [0.4, 0.5) is 14.7 Å². The third kappa shape index (κ3) is 4.63. The first-order chi connectivity index (χ1) is 14.8. The number of sulfonamides is 1. The molecule has 0 aliphatic carbocycles. The van der Waals surface area contributed by atoms with E-state index in [4.69, 9.17) is 4.74 Å². The van der Waals surface area contributed by atoms with Crippen LogP contribution in [0.2, 0.25) is 0 Å². The lowest BCUT2D eigenvalue weighted by Gasteiger charge is -2.34. The molecule has 3 heterocycles. The van der Waals surface area contributed by atoms with Gasteiger partial charge in [-0.05, 0) is 26.1 Å². The average Bonchev–Trinajstić information content (AvgIpc) is 2.75. The van der Waals surface area contributed by atoms with Crippen molar-refractivity contribution in [1.82, 2.24) is 19.2 Å². The summed E-state index contributed by atoms with van der Waals surface area (Å²) in [5.74, 6) is -1.21. The molecule has 0 saturated carbocycles. The van der Waals surface area contributed by atoms with Crippen molar-refractivity contribution < 1.29 is 21.9 Å². The number of likely N-dealkylation sites (N-methyl/N-ethyl adjacent to an activating group) is 1. The highest BCUT2D eigenvalue weighted by Gasteiger charge is 2.31. The topological polar surface area (TPSA) is 78.9 Å². The molecule has 1 aromatic heterocycles. The first kappa shape index (κ1) is 21.8. The highest BCUT2D eigenvalue weighted by Crippen LogP contribution is 2.33. The third-order valence-electron chi connectivity index (χ3n) is 5.62. The van der Waals surface area contributed by atoms with Crippen molar-refractivity contribution >= 4 is 16.0 Å². The standard InChI is InChI=1S/C20H25F2N5O3S/c1-3-31(28,29)27-7-6-17-15(13-27)19(30-18-5-4-14(21)12-16(18)22)24-20(23-17)26-10-8-25(2)9-11-26/h4-5,12H,3,6-11,13H2,1-2H3. The van der Waals surface area contributed by atoms with Crippen molar-refractivity contribution in [2.45, 2.75) is 19.9 Å². The Bertz CT molecular complexity index is 1070. The summed E-state index contributed by atoms with van der Waals surface area (Å²) in [4.78, 5) is 13.4. The van der Waals surface area contributed by atoms with Crippen molar-refractivity contribution in [2.75, 3.05) is 50.4 Å². The summed E-state index contributed by atoms with van der Waals surface area (Å²) < 4.78 is 59.5. The summed E-state index contributed by atoms with van der Waals surface area (Å²) in [5, 5.41) is 0.